The molecule has 0 spiro atoms. The number of rotatable bonds is 7. The Kier molecular flexibility index (Phi) is 5.79. The molecule has 2 bridgehead atoms. The summed E-state index contributed by atoms with van der Waals surface area (Å²) in [5, 5.41) is 5.84. The predicted molar refractivity (Wildman–Crippen MR) is 111 cm³/mol. The molecule has 1 aromatic carbocycles. The number of fused-ring (bicyclic) bond motifs is 2. The maximum absolute atomic E-state index is 13.0. The lowest BCUT2D eigenvalue weighted by Gasteiger charge is -2.23. The zero-order valence-corrected chi connectivity index (χ0v) is 17.1. The second-order valence-corrected chi connectivity index (χ2v) is 7.85. The van der Waals surface area contributed by atoms with Crippen LogP contribution in [0, 0.1) is 11.8 Å². The van der Waals surface area contributed by atoms with Gasteiger partial charge in [0, 0.05) is 17.7 Å². The highest BCUT2D eigenvalue weighted by Crippen LogP contribution is 2.44. The first kappa shape index (κ1) is 20.1. The Morgan fingerprint density at radius 2 is 1.93 bits per heavy atom. The van der Waals surface area contributed by atoms with Crippen molar-refractivity contribution in [2.45, 2.75) is 31.7 Å². The maximum atomic E-state index is 13.0. The lowest BCUT2D eigenvalue weighted by Crippen LogP contribution is -2.42. The number of hydrogen-bond acceptors (Lipinski definition) is 5. The Morgan fingerprint density at radius 3 is 2.57 bits per heavy atom. The van der Waals surface area contributed by atoms with Crippen LogP contribution in [0.15, 0.2) is 46.7 Å². The number of hydrogen-bond donors (Lipinski definition) is 2. The van der Waals surface area contributed by atoms with E-state index in [1.807, 2.05) is 0 Å². The number of ether oxygens (including phenoxy) is 2. The van der Waals surface area contributed by atoms with Gasteiger partial charge in [-0.15, -0.1) is 0 Å². The molecule has 3 atom stereocenters. The third-order valence-electron chi connectivity index (χ3n) is 6.02. The molecule has 30 heavy (non-hydrogen) atoms. The van der Waals surface area contributed by atoms with Crippen LogP contribution in [0.3, 0.4) is 0 Å². The van der Waals surface area contributed by atoms with E-state index in [0.717, 1.165) is 12.8 Å². The van der Waals surface area contributed by atoms with Crippen LogP contribution < -0.4 is 20.1 Å². The van der Waals surface area contributed by atoms with Gasteiger partial charge < -0.3 is 24.5 Å². The van der Waals surface area contributed by atoms with E-state index in [1.54, 1.807) is 36.4 Å². The summed E-state index contributed by atoms with van der Waals surface area (Å²) >= 11 is 0. The van der Waals surface area contributed by atoms with Crippen molar-refractivity contribution in [2.75, 3.05) is 14.2 Å². The molecule has 2 amide bonds. The highest BCUT2D eigenvalue weighted by atomic mass is 16.5. The van der Waals surface area contributed by atoms with Crippen LogP contribution in [-0.4, -0.2) is 32.1 Å². The fourth-order valence-electron chi connectivity index (χ4n) is 4.51. The topological polar surface area (TPSA) is 89.8 Å². The average molecular weight is 410 g/mol. The van der Waals surface area contributed by atoms with Gasteiger partial charge in [0.2, 0.25) is 0 Å². The van der Waals surface area contributed by atoms with Crippen molar-refractivity contribution < 1.29 is 23.5 Å². The third kappa shape index (κ3) is 4.20. The summed E-state index contributed by atoms with van der Waals surface area (Å²) in [5.41, 5.74) is 0.498. The Labute approximate surface area is 175 Å². The molecule has 1 aromatic heterocycles. The zero-order chi connectivity index (χ0) is 21.1. The molecule has 7 heteroatoms. The van der Waals surface area contributed by atoms with Crippen LogP contribution in [0.5, 0.6) is 11.5 Å². The SMILES string of the molecule is COc1ccc(C(=O)N/C(=C\c2ccco2)C(=O)N[C@@H]2C[C@H]3CC[C@H]2C3)cc1OC. The molecule has 1 heterocycles. The smallest absolute Gasteiger partial charge is 0.268 e. The second-order valence-electron chi connectivity index (χ2n) is 7.85. The highest BCUT2D eigenvalue weighted by Gasteiger charge is 2.40. The van der Waals surface area contributed by atoms with Gasteiger partial charge in [0.1, 0.15) is 11.5 Å². The third-order valence-corrected chi connectivity index (χ3v) is 6.02. The largest absolute Gasteiger partial charge is 0.493 e. The van der Waals surface area contributed by atoms with E-state index < -0.39 is 5.91 Å². The standard InChI is InChI=1S/C23H26N2O5/c1-28-20-8-7-16(12-21(20)29-2)22(26)25-19(13-17-4-3-9-30-17)23(27)24-18-11-14-5-6-15(18)10-14/h3-4,7-9,12-15,18H,5-6,10-11H2,1-2H3,(H,24,27)(H,25,26)/b19-13-/t14-,15-,18+/m0/s1. The molecule has 0 saturated heterocycles. The Bertz CT molecular complexity index is 951. The van der Waals surface area contributed by atoms with Gasteiger partial charge in [-0.3, -0.25) is 9.59 Å². The summed E-state index contributed by atoms with van der Waals surface area (Å²) < 4.78 is 15.8. The van der Waals surface area contributed by atoms with E-state index in [9.17, 15) is 9.59 Å². The first-order valence-electron chi connectivity index (χ1n) is 10.2. The molecule has 2 aliphatic rings. The average Bonchev–Trinajstić information content (AvgIpc) is 3.51. The van der Waals surface area contributed by atoms with Crippen LogP contribution >= 0.6 is 0 Å². The molecule has 2 fully saturated rings. The van der Waals surface area contributed by atoms with Crippen molar-refractivity contribution in [1.82, 2.24) is 10.6 Å². The molecule has 158 valence electrons. The monoisotopic (exact) mass is 410 g/mol. The molecule has 2 aliphatic carbocycles. The van der Waals surface area contributed by atoms with Gasteiger partial charge in [0.25, 0.3) is 11.8 Å². The van der Waals surface area contributed by atoms with Crippen molar-refractivity contribution in [1.29, 1.82) is 0 Å². The number of nitrogens with one attached hydrogen (secondary N) is 2. The number of benzene rings is 1. The fraction of sp³-hybridized carbons (Fsp3) is 0.391. The predicted octanol–water partition coefficient (Wildman–Crippen LogP) is 3.37. The number of carbonyl (C=O) groups is 2. The summed E-state index contributed by atoms with van der Waals surface area (Å²) in [6.45, 7) is 0. The number of furan rings is 1. The number of carbonyl (C=O) groups excluding carboxylic acids is 2. The minimum Gasteiger partial charge on any atom is -0.493 e. The first-order chi connectivity index (χ1) is 14.6. The number of amides is 2. The van der Waals surface area contributed by atoms with Crippen molar-refractivity contribution in [2.24, 2.45) is 11.8 Å². The van der Waals surface area contributed by atoms with Crippen LogP contribution in [-0.2, 0) is 4.79 Å². The minimum absolute atomic E-state index is 0.146. The van der Waals surface area contributed by atoms with E-state index in [2.05, 4.69) is 10.6 Å². The molecule has 2 N–H and O–H groups in total. The van der Waals surface area contributed by atoms with Crippen molar-refractivity contribution >= 4 is 17.9 Å². The second kappa shape index (κ2) is 8.65. The summed E-state index contributed by atoms with van der Waals surface area (Å²) in [5.74, 6) is 1.96. The van der Waals surface area contributed by atoms with Crippen LogP contribution in [0.1, 0.15) is 41.8 Å². The van der Waals surface area contributed by atoms with Gasteiger partial charge in [-0.25, -0.2) is 0 Å². The molecular weight excluding hydrogens is 384 g/mol. The summed E-state index contributed by atoms with van der Waals surface area (Å²) in [7, 11) is 3.03. The summed E-state index contributed by atoms with van der Waals surface area (Å²) in [6.07, 6.45) is 7.66. The van der Waals surface area contributed by atoms with Crippen molar-refractivity contribution in [3.8, 4) is 11.5 Å². The van der Waals surface area contributed by atoms with Gasteiger partial charge in [0.05, 0.1) is 20.5 Å². The summed E-state index contributed by atoms with van der Waals surface area (Å²) in [6, 6.07) is 8.47. The van der Waals surface area contributed by atoms with E-state index in [1.165, 1.54) is 33.3 Å². The quantitative estimate of drug-likeness (QED) is 0.683. The van der Waals surface area contributed by atoms with Gasteiger partial charge >= 0.3 is 0 Å². The van der Waals surface area contributed by atoms with Crippen molar-refractivity contribution in [3.05, 3.63) is 53.6 Å². The van der Waals surface area contributed by atoms with Crippen molar-refractivity contribution in [3.63, 3.8) is 0 Å². The normalized spacial score (nSPS) is 22.6. The number of methoxy groups -OCH3 is 2. The van der Waals surface area contributed by atoms with Crippen LogP contribution in [0.4, 0.5) is 0 Å². The lowest BCUT2D eigenvalue weighted by molar-refractivity contribution is -0.118. The van der Waals surface area contributed by atoms with Crippen LogP contribution in [0.25, 0.3) is 6.08 Å². The Balaban J connectivity index is 1.53. The Morgan fingerprint density at radius 1 is 1.10 bits per heavy atom. The summed E-state index contributed by atoms with van der Waals surface area (Å²) in [4.78, 5) is 25.9. The Hall–Kier alpha value is -3.22. The maximum Gasteiger partial charge on any atom is 0.268 e. The molecule has 4 rings (SSSR count). The van der Waals surface area contributed by atoms with Gasteiger partial charge in [0.15, 0.2) is 11.5 Å². The molecular formula is C23H26N2O5. The molecule has 0 aliphatic heterocycles. The van der Waals surface area contributed by atoms with Gasteiger partial charge in [-0.05, 0) is 61.4 Å². The van der Waals surface area contributed by atoms with E-state index in [0.29, 0.717) is 34.7 Å². The molecule has 7 nitrogen and oxygen atoms in total. The molecule has 0 unspecified atom stereocenters. The van der Waals surface area contributed by atoms with E-state index in [4.69, 9.17) is 13.9 Å². The molecule has 0 radical (unpaired) electrons. The lowest BCUT2D eigenvalue weighted by atomic mass is 9.95. The minimum atomic E-state index is -0.420. The van der Waals surface area contributed by atoms with Gasteiger partial charge in [-0.2, -0.15) is 0 Å². The van der Waals surface area contributed by atoms with Gasteiger partial charge in [-0.1, -0.05) is 6.42 Å². The highest BCUT2D eigenvalue weighted by molar-refractivity contribution is 6.05. The first-order valence-corrected chi connectivity index (χ1v) is 10.2. The zero-order valence-electron chi connectivity index (χ0n) is 17.1. The molecule has 2 saturated carbocycles. The fourth-order valence-corrected chi connectivity index (χ4v) is 4.51. The van der Waals surface area contributed by atoms with Crippen LogP contribution in [0.2, 0.25) is 0 Å². The van der Waals surface area contributed by atoms with E-state index >= 15 is 0 Å². The van der Waals surface area contributed by atoms with E-state index in [-0.39, 0.29) is 17.6 Å². The molecule has 2 aromatic rings.